The fourth-order valence-electron chi connectivity index (χ4n) is 6.77. The van der Waals surface area contributed by atoms with Gasteiger partial charge in [0.05, 0.1) is 16.2 Å². The summed E-state index contributed by atoms with van der Waals surface area (Å²) in [6.07, 6.45) is 16.9. The number of hydrogen-bond acceptors (Lipinski definition) is 2. The first-order valence-electron chi connectivity index (χ1n) is 17.9. The number of anilines is 2. The highest BCUT2D eigenvalue weighted by atomic mass is 19.3. The summed E-state index contributed by atoms with van der Waals surface area (Å²) in [4.78, 5) is 3.55. The molecule has 0 bridgehead atoms. The molecular weight excluding hydrogens is 645 g/mol. The van der Waals surface area contributed by atoms with Crippen LogP contribution in [0.2, 0.25) is 0 Å². The first-order valence-corrected chi connectivity index (χ1v) is 17.9. The zero-order chi connectivity index (χ0) is 41.0. The molecule has 0 aromatic heterocycles. The van der Waals surface area contributed by atoms with Gasteiger partial charge in [-0.05, 0) is 96.7 Å². The van der Waals surface area contributed by atoms with Crippen LogP contribution < -0.4 is 9.80 Å². The fourth-order valence-corrected chi connectivity index (χ4v) is 6.77. The Morgan fingerprint density at radius 2 is 1.33 bits per heavy atom. The third-order valence-corrected chi connectivity index (χ3v) is 10.4. The summed E-state index contributed by atoms with van der Waals surface area (Å²) in [7, 11) is 0. The van der Waals surface area contributed by atoms with Gasteiger partial charge in [-0.2, -0.15) is 0 Å². The van der Waals surface area contributed by atoms with Crippen LogP contribution in [0.5, 0.6) is 0 Å². The Labute approximate surface area is 310 Å². The molecule has 0 fully saturated rings. The van der Waals surface area contributed by atoms with Gasteiger partial charge in [0.2, 0.25) is 0 Å². The van der Waals surface area contributed by atoms with Crippen molar-refractivity contribution >= 4 is 11.4 Å². The van der Waals surface area contributed by atoms with Crippen LogP contribution in [0.1, 0.15) is 117 Å². The third kappa shape index (κ3) is 8.67. The van der Waals surface area contributed by atoms with Gasteiger partial charge in [-0.25, -0.2) is 17.6 Å². The average Bonchev–Trinajstić information content (AvgIpc) is 3.19. The maximum Gasteiger partial charge on any atom is 0.267 e. The van der Waals surface area contributed by atoms with Crippen LogP contribution in [0.3, 0.4) is 0 Å². The minimum Gasteiger partial charge on any atom is -0.320 e. The Kier molecular flexibility index (Phi) is 18.6. The third-order valence-electron chi connectivity index (χ3n) is 10.4. The Balaban J connectivity index is 0. The highest BCUT2D eigenvalue weighted by Gasteiger charge is 2.66. The monoisotopic (exact) mass is 713 g/mol. The highest BCUT2D eigenvalue weighted by Crippen LogP contribution is 2.64. The molecule has 1 aromatic rings. The predicted octanol–water partition coefficient (Wildman–Crippen LogP) is 14.9. The van der Waals surface area contributed by atoms with Crippen molar-refractivity contribution < 1.29 is 17.6 Å². The SMILES string of the molecule is C#C.C=C/C=C/N(C1=C(C)C(C)(C)C(F)(F)C1(C)C)c1cccc(N2C(=C)C(C)(C)C(F)(F)C(C)(CC)C/C(C=C)=C\2C)c1.C=CC.CC.CC. The molecule has 3 rings (SSSR count). The van der Waals surface area contributed by atoms with Crippen LogP contribution in [-0.4, -0.2) is 11.8 Å². The highest BCUT2D eigenvalue weighted by molar-refractivity contribution is 5.70. The van der Waals surface area contributed by atoms with Crippen molar-refractivity contribution in [2.24, 2.45) is 21.7 Å². The van der Waals surface area contributed by atoms with Crippen LogP contribution in [-0.2, 0) is 0 Å². The molecule has 0 spiro atoms. The molecule has 6 heteroatoms. The topological polar surface area (TPSA) is 6.48 Å². The molecule has 2 nitrogen and oxygen atoms in total. The van der Waals surface area contributed by atoms with E-state index in [4.69, 9.17) is 0 Å². The first kappa shape index (κ1) is 49.4. The van der Waals surface area contributed by atoms with E-state index in [-0.39, 0.29) is 18.5 Å². The summed E-state index contributed by atoms with van der Waals surface area (Å²) >= 11 is 0. The molecule has 1 atom stereocenters. The standard InChI is InChI=1S/C36H48F4N2.C3H6.2C2H6.C2H2/c1-14-17-21-41(30-24(4)31(7,8)35(37,38)33(30,11)12)28-19-18-20-29(22-28)42-25(5)27(15-2)23-34(13,16-3)36(39,40)32(9,10)26(42)6;1-3-2;3*1-2/h14-15,17-22H,1-2,6,16,23H2,3-5,7-13H3;3H,1H2,2H3;2*1-2H3;1-2H/b21-17+,27-25-;;;;. The first-order chi connectivity index (χ1) is 23.5. The summed E-state index contributed by atoms with van der Waals surface area (Å²) < 4.78 is 64.6. The molecule has 0 radical (unpaired) electrons. The Bertz CT molecular complexity index is 1470. The van der Waals surface area contributed by atoms with E-state index in [0.29, 0.717) is 28.2 Å². The number of allylic oxidation sites excluding steroid dienone is 9. The minimum atomic E-state index is -3.09. The summed E-state index contributed by atoms with van der Waals surface area (Å²) in [5.74, 6) is -6.11. The van der Waals surface area contributed by atoms with Crippen molar-refractivity contribution in [2.45, 2.75) is 129 Å². The average molecular weight is 713 g/mol. The van der Waals surface area contributed by atoms with E-state index in [2.05, 4.69) is 39.2 Å². The molecule has 1 heterocycles. The van der Waals surface area contributed by atoms with E-state index in [1.165, 1.54) is 0 Å². The summed E-state index contributed by atoms with van der Waals surface area (Å²) in [5.41, 5.74) is -1.76. The van der Waals surface area contributed by atoms with Crippen molar-refractivity contribution in [3.05, 3.63) is 109 Å². The molecule has 0 N–H and O–H groups in total. The normalized spacial score (nSPS) is 23.6. The number of alkyl halides is 4. The molecule has 0 saturated carbocycles. The Hall–Kier alpha value is -3.72. The summed E-state index contributed by atoms with van der Waals surface area (Å²) in [5, 5.41) is 0. The second-order valence-corrected chi connectivity index (χ2v) is 14.1. The van der Waals surface area contributed by atoms with Gasteiger partial charge in [-0.3, -0.25) is 0 Å². The number of hydrogen-bond donors (Lipinski definition) is 0. The van der Waals surface area contributed by atoms with Crippen molar-refractivity contribution in [3.63, 3.8) is 0 Å². The fraction of sp³-hybridized carbons (Fsp3) is 0.511. The zero-order valence-corrected chi connectivity index (χ0v) is 34.5. The van der Waals surface area contributed by atoms with Crippen molar-refractivity contribution in [1.82, 2.24) is 0 Å². The van der Waals surface area contributed by atoms with Crippen molar-refractivity contribution in [3.8, 4) is 12.8 Å². The van der Waals surface area contributed by atoms with E-state index in [1.807, 2.05) is 65.8 Å². The minimum absolute atomic E-state index is 0.150. The summed E-state index contributed by atoms with van der Waals surface area (Å²) in [6.45, 7) is 41.7. The molecule has 1 unspecified atom stereocenters. The quantitative estimate of drug-likeness (QED) is 0.120. The van der Waals surface area contributed by atoms with Gasteiger partial charge in [0, 0.05) is 40.1 Å². The predicted molar refractivity (Wildman–Crippen MR) is 218 cm³/mol. The van der Waals surface area contributed by atoms with Gasteiger partial charge in [-0.1, -0.05) is 99.4 Å². The molecule has 1 aliphatic carbocycles. The lowest BCUT2D eigenvalue weighted by Crippen LogP contribution is -2.54. The van der Waals surface area contributed by atoms with Gasteiger partial charge in [0.15, 0.2) is 0 Å². The van der Waals surface area contributed by atoms with E-state index in [1.54, 1.807) is 103 Å². The maximum absolute atomic E-state index is 16.4. The van der Waals surface area contributed by atoms with Gasteiger partial charge < -0.3 is 9.80 Å². The van der Waals surface area contributed by atoms with Crippen molar-refractivity contribution in [1.29, 1.82) is 0 Å². The number of halogens is 4. The van der Waals surface area contributed by atoms with E-state index in [9.17, 15) is 0 Å². The number of rotatable bonds is 7. The molecule has 286 valence electrons. The second-order valence-electron chi connectivity index (χ2n) is 14.1. The second kappa shape index (κ2) is 19.2. The van der Waals surface area contributed by atoms with Crippen molar-refractivity contribution in [2.75, 3.05) is 9.80 Å². The van der Waals surface area contributed by atoms with Crippen LogP contribution in [0, 0.1) is 34.5 Å². The zero-order valence-electron chi connectivity index (χ0n) is 34.5. The van der Waals surface area contributed by atoms with Gasteiger partial charge in [-0.15, -0.1) is 19.4 Å². The smallest absolute Gasteiger partial charge is 0.267 e. The molecule has 0 amide bonds. The largest absolute Gasteiger partial charge is 0.320 e. The van der Waals surface area contributed by atoms with E-state index >= 15 is 17.6 Å². The number of terminal acetylenes is 1. The van der Waals surface area contributed by atoms with E-state index < -0.39 is 33.5 Å². The molecule has 1 aromatic carbocycles. The van der Waals surface area contributed by atoms with Crippen LogP contribution in [0.15, 0.2) is 109 Å². The Morgan fingerprint density at radius 1 is 0.843 bits per heavy atom. The Morgan fingerprint density at radius 3 is 1.73 bits per heavy atom. The lowest BCUT2D eigenvalue weighted by atomic mass is 9.63. The van der Waals surface area contributed by atoms with Crippen LogP contribution in [0.4, 0.5) is 28.9 Å². The van der Waals surface area contributed by atoms with Gasteiger partial charge >= 0.3 is 0 Å². The van der Waals surface area contributed by atoms with Crippen LogP contribution >= 0.6 is 0 Å². The molecular formula is C45H68F4N2. The lowest BCUT2D eigenvalue weighted by molar-refractivity contribution is -0.182. The molecule has 0 saturated heterocycles. The van der Waals surface area contributed by atoms with Gasteiger partial charge in [0.25, 0.3) is 11.8 Å². The molecule has 2 aliphatic rings. The number of nitrogens with zero attached hydrogens (tertiary/aromatic N) is 2. The molecule has 51 heavy (non-hydrogen) atoms. The number of benzene rings is 1. The summed E-state index contributed by atoms with van der Waals surface area (Å²) in [6, 6.07) is 7.33. The lowest BCUT2D eigenvalue weighted by Gasteiger charge is -2.51. The van der Waals surface area contributed by atoms with E-state index in [0.717, 1.165) is 5.70 Å². The molecule has 1 aliphatic heterocycles. The van der Waals surface area contributed by atoms with Crippen LogP contribution in [0.25, 0.3) is 0 Å². The maximum atomic E-state index is 16.4. The van der Waals surface area contributed by atoms with Gasteiger partial charge in [0.1, 0.15) is 0 Å².